The summed E-state index contributed by atoms with van der Waals surface area (Å²) in [6.07, 6.45) is 0.873. The van der Waals surface area contributed by atoms with Crippen LogP contribution in [-0.2, 0) is 17.8 Å². The van der Waals surface area contributed by atoms with E-state index in [-0.39, 0.29) is 11.7 Å². The lowest BCUT2D eigenvalue weighted by Crippen LogP contribution is -2.15. The maximum atomic E-state index is 12.5. The Labute approximate surface area is 188 Å². The van der Waals surface area contributed by atoms with Gasteiger partial charge >= 0.3 is 0 Å². The smallest absolute Gasteiger partial charge is 0.234 e. The molecule has 31 heavy (non-hydrogen) atoms. The monoisotopic (exact) mass is 438 g/mol. The van der Waals surface area contributed by atoms with Gasteiger partial charge in [0.1, 0.15) is 5.75 Å². The number of ether oxygens (including phenoxy) is 1. The van der Waals surface area contributed by atoms with E-state index < -0.39 is 0 Å². The minimum absolute atomic E-state index is 0.0512. The number of carbonyl (C=O) groups is 1. The Kier molecular flexibility index (Phi) is 8.12. The molecule has 0 atom stereocenters. The Hall–Kier alpha value is -2.80. The lowest BCUT2D eigenvalue weighted by molar-refractivity contribution is -0.113. The molecule has 0 spiro atoms. The van der Waals surface area contributed by atoms with Crippen molar-refractivity contribution in [1.82, 2.24) is 14.8 Å². The highest BCUT2D eigenvalue weighted by molar-refractivity contribution is 7.99. The number of amides is 1. The zero-order valence-electron chi connectivity index (χ0n) is 18.6. The molecule has 0 saturated heterocycles. The van der Waals surface area contributed by atoms with Crippen molar-refractivity contribution in [2.75, 3.05) is 17.7 Å². The number of nitrogens with zero attached hydrogens (tertiary/aromatic N) is 3. The van der Waals surface area contributed by atoms with Crippen molar-refractivity contribution in [2.24, 2.45) is 5.92 Å². The van der Waals surface area contributed by atoms with Crippen molar-refractivity contribution in [3.05, 3.63) is 54.1 Å². The first-order valence-corrected chi connectivity index (χ1v) is 11.7. The molecule has 1 aromatic heterocycles. The van der Waals surface area contributed by atoms with Crippen LogP contribution in [0.4, 0.5) is 5.69 Å². The standard InChI is InChI=1S/C24H30N4O2S/c1-5-18-9-7-8-10-21(18)25-22(29)16-31-24-27-26-23(28(24)6-2)19-11-13-20(14-12-19)30-15-17(3)4/h7-14,17H,5-6,15-16H2,1-4H3,(H,25,29). The van der Waals surface area contributed by atoms with Gasteiger partial charge in [0.2, 0.25) is 5.91 Å². The molecule has 6 nitrogen and oxygen atoms in total. The van der Waals surface area contributed by atoms with Gasteiger partial charge in [-0.25, -0.2) is 0 Å². The first-order chi connectivity index (χ1) is 15.0. The predicted octanol–water partition coefficient (Wildman–Crippen LogP) is 5.29. The molecule has 3 aromatic rings. The highest BCUT2D eigenvalue weighted by Gasteiger charge is 2.15. The van der Waals surface area contributed by atoms with Crippen LogP contribution >= 0.6 is 11.8 Å². The van der Waals surface area contributed by atoms with Gasteiger partial charge in [-0.05, 0) is 55.2 Å². The lowest BCUT2D eigenvalue weighted by Gasteiger charge is -2.11. The average Bonchev–Trinajstić information content (AvgIpc) is 3.20. The lowest BCUT2D eigenvalue weighted by atomic mass is 10.1. The van der Waals surface area contributed by atoms with Crippen LogP contribution in [0.3, 0.4) is 0 Å². The molecular formula is C24H30N4O2S. The normalized spacial score (nSPS) is 11.0. The van der Waals surface area contributed by atoms with E-state index in [0.717, 1.165) is 46.5 Å². The Bertz CT molecular complexity index is 999. The summed E-state index contributed by atoms with van der Waals surface area (Å²) in [5.41, 5.74) is 2.97. The maximum absolute atomic E-state index is 12.5. The first-order valence-electron chi connectivity index (χ1n) is 10.7. The second kappa shape index (κ2) is 11.0. The van der Waals surface area contributed by atoms with Crippen LogP contribution in [0.1, 0.15) is 33.3 Å². The van der Waals surface area contributed by atoms with E-state index >= 15 is 0 Å². The number of benzene rings is 2. The second-order valence-electron chi connectivity index (χ2n) is 7.63. The first kappa shape index (κ1) is 22.9. The second-order valence-corrected chi connectivity index (χ2v) is 8.57. The van der Waals surface area contributed by atoms with E-state index in [1.807, 2.05) is 53.1 Å². The molecule has 1 N–H and O–H groups in total. The van der Waals surface area contributed by atoms with Gasteiger partial charge in [-0.3, -0.25) is 4.79 Å². The Morgan fingerprint density at radius 2 is 1.84 bits per heavy atom. The molecule has 1 amide bonds. The topological polar surface area (TPSA) is 69.0 Å². The highest BCUT2D eigenvalue weighted by atomic mass is 32.2. The van der Waals surface area contributed by atoms with E-state index in [0.29, 0.717) is 12.5 Å². The summed E-state index contributed by atoms with van der Waals surface area (Å²) in [4.78, 5) is 12.5. The minimum atomic E-state index is -0.0512. The molecule has 0 bridgehead atoms. The van der Waals surface area contributed by atoms with Gasteiger partial charge in [0.05, 0.1) is 12.4 Å². The predicted molar refractivity (Wildman–Crippen MR) is 127 cm³/mol. The quantitative estimate of drug-likeness (QED) is 0.435. The number of anilines is 1. The molecule has 0 fully saturated rings. The van der Waals surface area contributed by atoms with Gasteiger partial charge < -0.3 is 14.6 Å². The van der Waals surface area contributed by atoms with Crippen molar-refractivity contribution < 1.29 is 9.53 Å². The van der Waals surface area contributed by atoms with E-state index in [4.69, 9.17) is 4.74 Å². The number of hydrogen-bond acceptors (Lipinski definition) is 5. The molecule has 2 aromatic carbocycles. The zero-order chi connectivity index (χ0) is 22.2. The Morgan fingerprint density at radius 1 is 1.10 bits per heavy atom. The fourth-order valence-corrected chi connectivity index (χ4v) is 3.93. The molecule has 0 aliphatic rings. The highest BCUT2D eigenvalue weighted by Crippen LogP contribution is 2.26. The summed E-state index contributed by atoms with van der Waals surface area (Å²) in [5.74, 6) is 2.34. The minimum Gasteiger partial charge on any atom is -0.493 e. The third-order valence-corrected chi connectivity index (χ3v) is 5.70. The van der Waals surface area contributed by atoms with E-state index in [9.17, 15) is 4.79 Å². The fourth-order valence-electron chi connectivity index (χ4n) is 3.12. The van der Waals surface area contributed by atoms with Crippen molar-refractivity contribution in [2.45, 2.75) is 45.8 Å². The third-order valence-electron chi connectivity index (χ3n) is 4.73. The summed E-state index contributed by atoms with van der Waals surface area (Å²) >= 11 is 1.40. The largest absolute Gasteiger partial charge is 0.493 e. The Balaban J connectivity index is 1.65. The molecule has 0 aliphatic carbocycles. The van der Waals surface area contributed by atoms with Crippen LogP contribution < -0.4 is 10.1 Å². The molecule has 0 unspecified atom stereocenters. The number of hydrogen-bond donors (Lipinski definition) is 1. The fraction of sp³-hybridized carbons (Fsp3) is 0.375. The van der Waals surface area contributed by atoms with Crippen LogP contribution in [-0.4, -0.2) is 33.0 Å². The summed E-state index contributed by atoms with van der Waals surface area (Å²) < 4.78 is 7.79. The van der Waals surface area contributed by atoms with Crippen molar-refractivity contribution in [1.29, 1.82) is 0 Å². The van der Waals surface area contributed by atoms with Crippen molar-refractivity contribution in [3.63, 3.8) is 0 Å². The average molecular weight is 439 g/mol. The number of aromatic nitrogens is 3. The van der Waals surface area contributed by atoms with Gasteiger partial charge in [0.25, 0.3) is 0 Å². The van der Waals surface area contributed by atoms with E-state index in [1.54, 1.807) is 0 Å². The van der Waals surface area contributed by atoms with Gasteiger partial charge in [-0.15, -0.1) is 10.2 Å². The van der Waals surface area contributed by atoms with Gasteiger partial charge in [-0.1, -0.05) is 50.7 Å². The number of nitrogens with one attached hydrogen (secondary N) is 1. The Morgan fingerprint density at radius 3 is 2.52 bits per heavy atom. The van der Waals surface area contributed by atoms with Crippen LogP contribution in [0.5, 0.6) is 5.75 Å². The maximum Gasteiger partial charge on any atom is 0.234 e. The van der Waals surface area contributed by atoms with Crippen molar-refractivity contribution >= 4 is 23.4 Å². The van der Waals surface area contributed by atoms with Gasteiger partial charge in [0, 0.05) is 17.8 Å². The SMILES string of the molecule is CCc1ccccc1NC(=O)CSc1nnc(-c2ccc(OCC(C)C)cc2)n1CC. The van der Waals surface area contributed by atoms with Gasteiger partial charge in [0.15, 0.2) is 11.0 Å². The summed E-state index contributed by atoms with van der Waals surface area (Å²) in [6.45, 7) is 9.79. The molecule has 0 radical (unpaired) electrons. The molecule has 1 heterocycles. The van der Waals surface area contributed by atoms with Crippen LogP contribution in [0.25, 0.3) is 11.4 Å². The summed E-state index contributed by atoms with van der Waals surface area (Å²) in [5, 5.41) is 12.4. The van der Waals surface area contributed by atoms with Crippen LogP contribution in [0, 0.1) is 5.92 Å². The zero-order valence-corrected chi connectivity index (χ0v) is 19.4. The number of aryl methyl sites for hydroxylation is 1. The molecular weight excluding hydrogens is 408 g/mol. The van der Waals surface area contributed by atoms with Crippen molar-refractivity contribution in [3.8, 4) is 17.1 Å². The number of thioether (sulfide) groups is 1. The number of carbonyl (C=O) groups excluding carboxylic acids is 1. The van der Waals surface area contributed by atoms with Crippen LogP contribution in [0.15, 0.2) is 53.7 Å². The molecule has 0 aliphatic heterocycles. The summed E-state index contributed by atoms with van der Waals surface area (Å²) in [6, 6.07) is 15.8. The number of rotatable bonds is 10. The number of para-hydroxylation sites is 1. The van der Waals surface area contributed by atoms with Gasteiger partial charge in [-0.2, -0.15) is 0 Å². The molecule has 164 valence electrons. The molecule has 0 saturated carbocycles. The molecule has 7 heteroatoms. The van der Waals surface area contributed by atoms with E-state index in [2.05, 4.69) is 43.2 Å². The van der Waals surface area contributed by atoms with Crippen LogP contribution in [0.2, 0.25) is 0 Å². The van der Waals surface area contributed by atoms with E-state index in [1.165, 1.54) is 11.8 Å². The third kappa shape index (κ3) is 6.10. The molecule has 3 rings (SSSR count). The summed E-state index contributed by atoms with van der Waals surface area (Å²) in [7, 11) is 0.